The number of para-hydroxylation sites is 2. The number of pyridine rings is 1. The lowest BCUT2D eigenvalue weighted by Crippen LogP contribution is -2.27. The van der Waals surface area contributed by atoms with E-state index in [0.717, 1.165) is 0 Å². The lowest BCUT2D eigenvalue weighted by Gasteiger charge is -2.12. The van der Waals surface area contributed by atoms with E-state index < -0.39 is 5.97 Å². The molecule has 0 fully saturated rings. The van der Waals surface area contributed by atoms with Crippen molar-refractivity contribution in [2.24, 2.45) is 0 Å². The molecule has 0 N–H and O–H groups in total. The molecule has 4 rings (SSSR count). The van der Waals surface area contributed by atoms with Gasteiger partial charge in [-0.3, -0.25) is 9.78 Å². The highest BCUT2D eigenvalue weighted by Crippen LogP contribution is 2.25. The lowest BCUT2D eigenvalue weighted by atomic mass is 10.2. The number of ether oxygens (including phenoxy) is 3. The van der Waals surface area contributed by atoms with Crippen molar-refractivity contribution >= 4 is 5.97 Å². The van der Waals surface area contributed by atoms with Crippen LogP contribution in [0.2, 0.25) is 0 Å². The highest BCUT2D eigenvalue weighted by Gasteiger charge is 2.13. The maximum Gasteiger partial charge on any atom is 0.359 e. The van der Waals surface area contributed by atoms with Crippen LogP contribution in [-0.2, 0) is 17.9 Å². The fourth-order valence-corrected chi connectivity index (χ4v) is 2.96. The minimum atomic E-state index is -0.649. The monoisotopic (exact) mass is 443 g/mol. The van der Waals surface area contributed by atoms with Crippen LogP contribution in [0.5, 0.6) is 17.2 Å². The molecule has 0 radical (unpaired) electrons. The molecule has 2 heterocycles. The largest absolute Gasteiger partial charge is 0.492 e. The van der Waals surface area contributed by atoms with Gasteiger partial charge in [0.15, 0.2) is 5.69 Å². The Morgan fingerprint density at radius 3 is 2.48 bits per heavy atom. The zero-order chi connectivity index (χ0) is 22.9. The summed E-state index contributed by atoms with van der Waals surface area (Å²) >= 11 is 0. The smallest absolute Gasteiger partial charge is 0.359 e. The topological polar surface area (TPSA) is 92.5 Å². The second-order valence-electron chi connectivity index (χ2n) is 6.92. The van der Waals surface area contributed by atoms with Crippen LogP contribution >= 0.6 is 0 Å². The molecule has 0 aliphatic heterocycles. The van der Waals surface area contributed by atoms with E-state index in [9.17, 15) is 9.59 Å². The third kappa shape index (κ3) is 6.04. The molecule has 0 bridgehead atoms. The summed E-state index contributed by atoms with van der Waals surface area (Å²) < 4.78 is 18.0. The van der Waals surface area contributed by atoms with Crippen molar-refractivity contribution < 1.29 is 19.0 Å². The van der Waals surface area contributed by atoms with Crippen LogP contribution in [0.4, 0.5) is 0 Å². The van der Waals surface area contributed by atoms with E-state index in [1.54, 1.807) is 36.7 Å². The Hall–Kier alpha value is -4.46. The Morgan fingerprint density at radius 1 is 0.879 bits per heavy atom. The van der Waals surface area contributed by atoms with Gasteiger partial charge < -0.3 is 14.2 Å². The van der Waals surface area contributed by atoms with Gasteiger partial charge in [-0.25, -0.2) is 9.48 Å². The first-order valence-corrected chi connectivity index (χ1v) is 10.3. The van der Waals surface area contributed by atoms with Gasteiger partial charge in [0, 0.05) is 17.8 Å². The number of nitrogens with zero attached hydrogens (tertiary/aromatic N) is 3. The SMILES string of the molecule is O=C(OCc1ccccc1Oc1cccnc1)c1ccc(=O)n(CCOc2ccccc2)n1. The Kier molecular flexibility index (Phi) is 7.07. The zero-order valence-electron chi connectivity index (χ0n) is 17.7. The average molecular weight is 443 g/mol. The third-order valence-electron chi connectivity index (χ3n) is 4.58. The number of hydrogen-bond donors (Lipinski definition) is 0. The molecule has 0 aliphatic rings. The third-order valence-corrected chi connectivity index (χ3v) is 4.58. The minimum Gasteiger partial charge on any atom is -0.492 e. The number of benzene rings is 2. The number of hydrogen-bond acceptors (Lipinski definition) is 7. The summed E-state index contributed by atoms with van der Waals surface area (Å²) in [5.74, 6) is 1.16. The van der Waals surface area contributed by atoms with Crippen LogP contribution in [0.25, 0.3) is 0 Å². The molecule has 0 aliphatic carbocycles. The molecule has 2 aromatic carbocycles. The number of carbonyl (C=O) groups excluding carboxylic acids is 1. The number of aromatic nitrogens is 3. The van der Waals surface area contributed by atoms with E-state index in [-0.39, 0.29) is 31.0 Å². The van der Waals surface area contributed by atoms with E-state index in [4.69, 9.17) is 14.2 Å². The predicted molar refractivity (Wildman–Crippen MR) is 120 cm³/mol. The van der Waals surface area contributed by atoms with Crippen molar-refractivity contribution in [3.05, 3.63) is 113 Å². The summed E-state index contributed by atoms with van der Waals surface area (Å²) in [6.45, 7) is 0.401. The molecule has 0 saturated carbocycles. The van der Waals surface area contributed by atoms with Crippen molar-refractivity contribution in [1.82, 2.24) is 14.8 Å². The molecule has 166 valence electrons. The quantitative estimate of drug-likeness (QED) is 0.363. The van der Waals surface area contributed by atoms with Gasteiger partial charge in [-0.15, -0.1) is 0 Å². The maximum absolute atomic E-state index is 12.6. The molecule has 4 aromatic rings. The molecule has 0 saturated heterocycles. The van der Waals surface area contributed by atoms with E-state index in [1.165, 1.54) is 16.8 Å². The van der Waals surface area contributed by atoms with Crippen LogP contribution in [0.3, 0.4) is 0 Å². The standard InChI is InChI=1S/C25H21N3O5/c29-24-13-12-22(27-28(24)15-16-31-20-8-2-1-3-9-20)25(30)32-18-19-7-4-5-11-23(19)33-21-10-6-14-26-17-21/h1-14,17H,15-16,18H2. The first-order chi connectivity index (χ1) is 16.2. The lowest BCUT2D eigenvalue weighted by molar-refractivity contribution is 0.0460. The predicted octanol–water partition coefficient (Wildman–Crippen LogP) is 3.87. The van der Waals surface area contributed by atoms with Crippen LogP contribution < -0.4 is 15.0 Å². The van der Waals surface area contributed by atoms with Crippen LogP contribution in [0.1, 0.15) is 16.1 Å². The Bertz CT molecular complexity index is 1260. The first-order valence-electron chi connectivity index (χ1n) is 10.3. The Balaban J connectivity index is 1.38. The van der Waals surface area contributed by atoms with Gasteiger partial charge >= 0.3 is 5.97 Å². The van der Waals surface area contributed by atoms with Gasteiger partial charge in [0.25, 0.3) is 5.56 Å². The molecule has 8 nitrogen and oxygen atoms in total. The number of esters is 1. The molecule has 0 unspecified atom stereocenters. The highest BCUT2D eigenvalue weighted by molar-refractivity contribution is 5.86. The first kappa shape index (κ1) is 21.8. The van der Waals surface area contributed by atoms with Crippen molar-refractivity contribution in [3.8, 4) is 17.2 Å². The molecular weight excluding hydrogens is 422 g/mol. The Morgan fingerprint density at radius 2 is 1.67 bits per heavy atom. The van der Waals surface area contributed by atoms with Crippen molar-refractivity contribution in [3.63, 3.8) is 0 Å². The second-order valence-corrected chi connectivity index (χ2v) is 6.92. The van der Waals surface area contributed by atoms with E-state index in [1.807, 2.05) is 42.5 Å². The molecule has 0 atom stereocenters. The van der Waals surface area contributed by atoms with E-state index in [0.29, 0.717) is 22.8 Å². The summed E-state index contributed by atoms with van der Waals surface area (Å²) in [6, 6.07) is 22.6. The minimum absolute atomic E-state index is 0.0206. The molecular formula is C25H21N3O5. The van der Waals surface area contributed by atoms with E-state index >= 15 is 0 Å². The second kappa shape index (κ2) is 10.7. The Labute approximate surface area is 190 Å². The molecule has 8 heteroatoms. The van der Waals surface area contributed by atoms with Crippen molar-refractivity contribution in [2.75, 3.05) is 6.61 Å². The van der Waals surface area contributed by atoms with Crippen molar-refractivity contribution in [1.29, 1.82) is 0 Å². The van der Waals surface area contributed by atoms with Crippen molar-refractivity contribution in [2.45, 2.75) is 13.2 Å². The highest BCUT2D eigenvalue weighted by atomic mass is 16.5. The normalized spacial score (nSPS) is 10.4. The summed E-state index contributed by atoms with van der Waals surface area (Å²) in [4.78, 5) is 28.7. The van der Waals surface area contributed by atoms with Gasteiger partial charge in [0.2, 0.25) is 0 Å². The van der Waals surface area contributed by atoms with Gasteiger partial charge in [-0.2, -0.15) is 5.10 Å². The van der Waals surface area contributed by atoms with Gasteiger partial charge in [0.1, 0.15) is 30.5 Å². The molecule has 33 heavy (non-hydrogen) atoms. The van der Waals surface area contributed by atoms with Gasteiger partial charge in [0.05, 0.1) is 12.7 Å². The fourth-order valence-electron chi connectivity index (χ4n) is 2.96. The molecule has 0 amide bonds. The summed E-state index contributed by atoms with van der Waals surface area (Å²) in [5, 5.41) is 4.12. The zero-order valence-corrected chi connectivity index (χ0v) is 17.7. The summed E-state index contributed by atoms with van der Waals surface area (Å²) in [7, 11) is 0. The summed E-state index contributed by atoms with van der Waals surface area (Å²) in [5.41, 5.74) is 0.373. The average Bonchev–Trinajstić information content (AvgIpc) is 2.86. The number of rotatable bonds is 9. The van der Waals surface area contributed by atoms with Crippen LogP contribution in [0.15, 0.2) is 96.1 Å². The molecule has 2 aromatic heterocycles. The van der Waals surface area contributed by atoms with Gasteiger partial charge in [-0.05, 0) is 36.4 Å². The number of carbonyl (C=O) groups is 1. The maximum atomic E-state index is 12.6. The molecule has 0 spiro atoms. The van der Waals surface area contributed by atoms with Crippen LogP contribution in [-0.4, -0.2) is 27.3 Å². The van der Waals surface area contributed by atoms with Crippen LogP contribution in [0, 0.1) is 0 Å². The van der Waals surface area contributed by atoms with E-state index in [2.05, 4.69) is 10.1 Å². The summed E-state index contributed by atoms with van der Waals surface area (Å²) in [6.07, 6.45) is 3.25. The fraction of sp³-hybridized carbons (Fsp3) is 0.120. The van der Waals surface area contributed by atoms with Gasteiger partial charge in [-0.1, -0.05) is 36.4 Å².